The monoisotopic (exact) mass is 434 g/mol. The van der Waals surface area contributed by atoms with Gasteiger partial charge in [-0.05, 0) is 37.1 Å². The fraction of sp³-hybridized carbons (Fsp3) is 0.500. The molecule has 1 aliphatic heterocycles. The van der Waals surface area contributed by atoms with E-state index >= 15 is 0 Å². The third-order valence-electron chi connectivity index (χ3n) is 6.32. The molecule has 0 aromatic carbocycles. The lowest BCUT2D eigenvalue weighted by Crippen LogP contribution is -2.35. The molecule has 0 spiro atoms. The van der Waals surface area contributed by atoms with E-state index in [-0.39, 0.29) is 12.2 Å². The van der Waals surface area contributed by atoms with E-state index in [1.165, 1.54) is 32.1 Å². The second-order valence-corrected chi connectivity index (χ2v) is 8.72. The maximum atomic E-state index is 12.8. The molecule has 0 unspecified atom stereocenters. The molecule has 0 amide bonds. The average molecular weight is 435 g/mol. The SMILES string of the molecule is O=C(Cc1nc2cccc(NC3CCCCC3)n2n1)c1ccc(CN2CCOCC2)nc1. The molecule has 3 aromatic heterocycles. The lowest BCUT2D eigenvalue weighted by Gasteiger charge is -2.26. The largest absolute Gasteiger partial charge is 0.379 e. The summed E-state index contributed by atoms with van der Waals surface area (Å²) >= 11 is 0. The van der Waals surface area contributed by atoms with E-state index in [2.05, 4.69) is 25.3 Å². The van der Waals surface area contributed by atoms with Crippen LogP contribution in [0.4, 0.5) is 5.82 Å². The maximum Gasteiger partial charge on any atom is 0.172 e. The van der Waals surface area contributed by atoms with Crippen molar-refractivity contribution in [2.45, 2.75) is 51.1 Å². The Labute approximate surface area is 188 Å². The maximum absolute atomic E-state index is 12.8. The molecule has 1 N–H and O–H groups in total. The Morgan fingerprint density at radius 3 is 2.72 bits per heavy atom. The van der Waals surface area contributed by atoms with Gasteiger partial charge in [0, 0.05) is 37.4 Å². The van der Waals surface area contributed by atoms with Crippen LogP contribution in [0.25, 0.3) is 5.65 Å². The normalized spacial score (nSPS) is 18.1. The molecule has 2 aliphatic rings. The summed E-state index contributed by atoms with van der Waals surface area (Å²) in [7, 11) is 0. The molecule has 1 saturated carbocycles. The first kappa shape index (κ1) is 21.0. The number of carbonyl (C=O) groups excluding carboxylic acids is 1. The number of rotatable bonds is 7. The number of aromatic nitrogens is 4. The van der Waals surface area contributed by atoms with Crippen molar-refractivity contribution in [1.29, 1.82) is 0 Å². The molecule has 0 atom stereocenters. The molecule has 2 fully saturated rings. The molecule has 8 heteroatoms. The molecular weight excluding hydrogens is 404 g/mol. The van der Waals surface area contributed by atoms with Crippen LogP contribution in [0, 0.1) is 0 Å². The Balaban J connectivity index is 1.24. The van der Waals surface area contributed by atoms with Gasteiger partial charge in [0.1, 0.15) is 5.82 Å². The van der Waals surface area contributed by atoms with E-state index in [1.807, 2.05) is 34.8 Å². The van der Waals surface area contributed by atoms with Gasteiger partial charge in [0.15, 0.2) is 17.3 Å². The minimum absolute atomic E-state index is 0.0203. The number of hydrogen-bond acceptors (Lipinski definition) is 7. The first-order chi connectivity index (χ1) is 15.7. The van der Waals surface area contributed by atoms with E-state index in [4.69, 9.17) is 4.74 Å². The topological polar surface area (TPSA) is 84.7 Å². The van der Waals surface area contributed by atoms with E-state index in [0.29, 0.717) is 17.4 Å². The van der Waals surface area contributed by atoms with Crippen molar-refractivity contribution >= 4 is 17.2 Å². The van der Waals surface area contributed by atoms with Gasteiger partial charge in [-0.1, -0.05) is 25.3 Å². The first-order valence-corrected chi connectivity index (χ1v) is 11.6. The lowest BCUT2D eigenvalue weighted by atomic mass is 9.95. The number of nitrogens with one attached hydrogen (secondary N) is 1. The average Bonchev–Trinajstić information content (AvgIpc) is 3.24. The van der Waals surface area contributed by atoms with E-state index in [9.17, 15) is 4.79 Å². The highest BCUT2D eigenvalue weighted by atomic mass is 16.5. The minimum atomic E-state index is -0.0203. The van der Waals surface area contributed by atoms with E-state index in [0.717, 1.165) is 50.0 Å². The summed E-state index contributed by atoms with van der Waals surface area (Å²) in [6.07, 6.45) is 8.06. The molecular formula is C24H30N6O2. The number of carbonyl (C=O) groups is 1. The van der Waals surface area contributed by atoms with Crippen molar-refractivity contribution < 1.29 is 9.53 Å². The Hall–Kier alpha value is -2.84. The Morgan fingerprint density at radius 1 is 1.09 bits per heavy atom. The fourth-order valence-electron chi connectivity index (χ4n) is 4.51. The predicted molar refractivity (Wildman–Crippen MR) is 122 cm³/mol. The van der Waals surface area contributed by atoms with Gasteiger partial charge in [-0.3, -0.25) is 14.7 Å². The smallest absolute Gasteiger partial charge is 0.172 e. The predicted octanol–water partition coefficient (Wildman–Crippen LogP) is 3.13. The van der Waals surface area contributed by atoms with Crippen LogP contribution in [0.1, 0.15) is 54.0 Å². The van der Waals surface area contributed by atoms with Gasteiger partial charge in [0.05, 0.1) is 25.3 Å². The van der Waals surface area contributed by atoms with Crippen LogP contribution >= 0.6 is 0 Å². The van der Waals surface area contributed by atoms with Gasteiger partial charge < -0.3 is 10.1 Å². The number of ketones is 1. The molecule has 3 aromatic rings. The van der Waals surface area contributed by atoms with Crippen molar-refractivity contribution in [3.05, 3.63) is 53.6 Å². The summed E-state index contributed by atoms with van der Waals surface area (Å²) in [5.74, 6) is 1.45. The number of nitrogens with zero attached hydrogens (tertiary/aromatic N) is 5. The summed E-state index contributed by atoms with van der Waals surface area (Å²) in [5.41, 5.74) is 2.32. The number of Topliss-reactive ketones (excluding diaryl/α,β-unsaturated/α-hetero) is 1. The van der Waals surface area contributed by atoms with Gasteiger partial charge in [0.25, 0.3) is 0 Å². The zero-order valence-corrected chi connectivity index (χ0v) is 18.4. The molecule has 0 bridgehead atoms. The Bertz CT molecular complexity index is 1050. The first-order valence-electron chi connectivity index (χ1n) is 11.6. The molecule has 168 valence electrons. The second-order valence-electron chi connectivity index (χ2n) is 8.72. The summed E-state index contributed by atoms with van der Waals surface area (Å²) in [6, 6.07) is 10.2. The zero-order chi connectivity index (χ0) is 21.8. The quantitative estimate of drug-likeness (QED) is 0.572. The molecule has 1 saturated heterocycles. The minimum Gasteiger partial charge on any atom is -0.379 e. The Morgan fingerprint density at radius 2 is 1.94 bits per heavy atom. The van der Waals surface area contributed by atoms with Crippen LogP contribution < -0.4 is 5.32 Å². The number of ether oxygens (including phenoxy) is 1. The Kier molecular flexibility index (Phi) is 6.41. The van der Waals surface area contributed by atoms with Gasteiger partial charge in [-0.2, -0.15) is 4.52 Å². The van der Waals surface area contributed by atoms with Crippen LogP contribution in [0.3, 0.4) is 0 Å². The molecule has 5 rings (SSSR count). The zero-order valence-electron chi connectivity index (χ0n) is 18.4. The lowest BCUT2D eigenvalue weighted by molar-refractivity contribution is 0.0336. The fourth-order valence-corrected chi connectivity index (χ4v) is 4.51. The standard InChI is InChI=1S/C24H30N6O2/c31-21(18-9-10-20(25-16-18)17-29-11-13-32-14-12-29)15-22-27-24-8-4-7-23(30(24)28-22)26-19-5-2-1-3-6-19/h4,7-10,16,19,26H,1-3,5-6,11-15,17H2. The number of fused-ring (bicyclic) bond motifs is 1. The van der Waals surface area contributed by atoms with Gasteiger partial charge >= 0.3 is 0 Å². The van der Waals surface area contributed by atoms with Crippen molar-refractivity contribution in [2.75, 3.05) is 31.6 Å². The highest BCUT2D eigenvalue weighted by Crippen LogP contribution is 2.22. The highest BCUT2D eigenvalue weighted by Gasteiger charge is 2.17. The second kappa shape index (κ2) is 9.75. The van der Waals surface area contributed by atoms with Crippen LogP contribution in [0.2, 0.25) is 0 Å². The molecule has 8 nitrogen and oxygen atoms in total. The van der Waals surface area contributed by atoms with E-state index in [1.54, 1.807) is 6.20 Å². The number of pyridine rings is 2. The number of morpholine rings is 1. The van der Waals surface area contributed by atoms with Crippen LogP contribution in [-0.2, 0) is 17.7 Å². The van der Waals surface area contributed by atoms with E-state index < -0.39 is 0 Å². The van der Waals surface area contributed by atoms with Crippen LogP contribution in [0.5, 0.6) is 0 Å². The summed E-state index contributed by atoms with van der Waals surface area (Å²) in [5, 5.41) is 8.24. The number of anilines is 1. The van der Waals surface area contributed by atoms with Crippen LogP contribution in [0.15, 0.2) is 36.5 Å². The molecule has 1 aliphatic carbocycles. The molecule has 4 heterocycles. The number of hydrogen-bond donors (Lipinski definition) is 1. The third kappa shape index (κ3) is 4.97. The van der Waals surface area contributed by atoms with Gasteiger partial charge in [-0.25, -0.2) is 4.98 Å². The molecule has 0 radical (unpaired) electrons. The third-order valence-corrected chi connectivity index (χ3v) is 6.32. The van der Waals surface area contributed by atoms with Crippen LogP contribution in [-0.4, -0.2) is 62.6 Å². The van der Waals surface area contributed by atoms with Gasteiger partial charge in [0.2, 0.25) is 0 Å². The van der Waals surface area contributed by atoms with Crippen molar-refractivity contribution in [3.63, 3.8) is 0 Å². The summed E-state index contributed by atoms with van der Waals surface area (Å²) in [6.45, 7) is 4.14. The van der Waals surface area contributed by atoms with Crippen molar-refractivity contribution in [2.24, 2.45) is 0 Å². The summed E-state index contributed by atoms with van der Waals surface area (Å²) in [4.78, 5) is 24.2. The van der Waals surface area contributed by atoms with Crippen molar-refractivity contribution in [3.8, 4) is 0 Å². The highest BCUT2D eigenvalue weighted by molar-refractivity contribution is 5.96. The van der Waals surface area contributed by atoms with Gasteiger partial charge in [-0.15, -0.1) is 5.10 Å². The molecule has 32 heavy (non-hydrogen) atoms. The van der Waals surface area contributed by atoms with Crippen molar-refractivity contribution in [1.82, 2.24) is 24.5 Å². The summed E-state index contributed by atoms with van der Waals surface area (Å²) < 4.78 is 7.21.